The zero-order chi connectivity index (χ0) is 15.3. The van der Waals surface area contributed by atoms with Crippen LogP contribution in [-0.4, -0.2) is 25.1 Å². The minimum Gasteiger partial charge on any atom is -0.384 e. The maximum absolute atomic E-state index is 12.1. The van der Waals surface area contributed by atoms with Crippen LogP contribution in [0.3, 0.4) is 0 Å². The first kappa shape index (κ1) is 15.5. The van der Waals surface area contributed by atoms with E-state index in [0.29, 0.717) is 11.3 Å². The topological polar surface area (TPSA) is 99.3 Å². The highest BCUT2D eigenvalue weighted by molar-refractivity contribution is 7.89. The molecular weight excluding hydrogens is 312 g/mol. The highest BCUT2D eigenvalue weighted by atomic mass is 32.2. The van der Waals surface area contributed by atoms with E-state index >= 15 is 0 Å². The van der Waals surface area contributed by atoms with Crippen molar-refractivity contribution in [3.05, 3.63) is 50.6 Å². The molecule has 110 valence electrons. The molecule has 0 aliphatic rings. The van der Waals surface area contributed by atoms with E-state index in [4.69, 9.17) is 5.11 Å². The maximum atomic E-state index is 12.1. The second-order valence-corrected chi connectivity index (χ2v) is 6.59. The van der Waals surface area contributed by atoms with Crippen LogP contribution in [0.1, 0.15) is 11.3 Å². The second-order valence-electron chi connectivity index (χ2n) is 3.98. The van der Waals surface area contributed by atoms with Gasteiger partial charge in [-0.1, -0.05) is 23.2 Å². The normalized spacial score (nSPS) is 10.9. The van der Waals surface area contributed by atoms with Gasteiger partial charge in [0.25, 0.3) is 0 Å². The minimum atomic E-state index is -3.65. The fourth-order valence-corrected chi connectivity index (χ4v) is 3.10. The Morgan fingerprint density at radius 1 is 1.29 bits per heavy atom. The molecule has 3 N–H and O–H groups in total. The van der Waals surface area contributed by atoms with Crippen LogP contribution in [0.2, 0.25) is 0 Å². The number of nitrogens with one attached hydrogen (secondary N) is 2. The molecular formula is C13H12N2O4S2. The molecule has 0 aliphatic carbocycles. The van der Waals surface area contributed by atoms with Crippen molar-refractivity contribution in [2.45, 2.75) is 11.4 Å². The van der Waals surface area contributed by atoms with Crippen LogP contribution in [0, 0.1) is 11.8 Å². The number of hydrogen-bond donors (Lipinski definition) is 3. The van der Waals surface area contributed by atoms with Crippen molar-refractivity contribution in [2.24, 2.45) is 0 Å². The van der Waals surface area contributed by atoms with Crippen molar-refractivity contribution in [1.29, 1.82) is 0 Å². The fourth-order valence-electron chi connectivity index (χ4n) is 1.52. The minimum absolute atomic E-state index is 0.0210. The predicted molar refractivity (Wildman–Crippen MR) is 79.4 cm³/mol. The van der Waals surface area contributed by atoms with Gasteiger partial charge < -0.3 is 10.1 Å². The summed E-state index contributed by atoms with van der Waals surface area (Å²) in [4.78, 5) is 13.4. The lowest BCUT2D eigenvalue weighted by Gasteiger charge is -2.05. The van der Waals surface area contributed by atoms with E-state index < -0.39 is 10.0 Å². The van der Waals surface area contributed by atoms with E-state index in [2.05, 4.69) is 21.5 Å². The molecule has 0 aliphatic heterocycles. The number of hydrogen-bond acceptors (Lipinski definition) is 5. The number of rotatable bonds is 4. The Hall–Kier alpha value is -1.92. The van der Waals surface area contributed by atoms with Gasteiger partial charge >= 0.3 is 4.87 Å². The van der Waals surface area contributed by atoms with E-state index in [1.165, 1.54) is 12.1 Å². The number of benzene rings is 1. The molecule has 0 radical (unpaired) electrons. The van der Waals surface area contributed by atoms with E-state index in [1.807, 2.05) is 0 Å². The molecule has 0 saturated heterocycles. The molecule has 1 aromatic carbocycles. The van der Waals surface area contributed by atoms with Crippen LogP contribution in [0.4, 0.5) is 0 Å². The molecule has 0 saturated carbocycles. The summed E-state index contributed by atoms with van der Waals surface area (Å²) in [5.41, 5.74) is 1.13. The number of H-pyrrole nitrogens is 1. The van der Waals surface area contributed by atoms with Crippen LogP contribution < -0.4 is 9.60 Å². The van der Waals surface area contributed by atoms with Crippen molar-refractivity contribution >= 4 is 21.4 Å². The number of sulfonamides is 1. The lowest BCUT2D eigenvalue weighted by molar-refractivity contribution is 0.350. The van der Waals surface area contributed by atoms with E-state index in [1.54, 1.807) is 17.5 Å². The monoisotopic (exact) mass is 324 g/mol. The fraction of sp³-hybridized carbons (Fsp3) is 0.154. The van der Waals surface area contributed by atoms with Crippen molar-refractivity contribution in [2.75, 3.05) is 6.61 Å². The van der Waals surface area contributed by atoms with E-state index in [9.17, 15) is 13.2 Å². The Morgan fingerprint density at radius 3 is 2.57 bits per heavy atom. The predicted octanol–water partition coefficient (Wildman–Crippen LogP) is 0.259. The number of aromatic amines is 1. The maximum Gasteiger partial charge on any atom is 0.304 e. The first-order valence-electron chi connectivity index (χ1n) is 5.87. The molecule has 2 rings (SSSR count). The van der Waals surface area contributed by atoms with Crippen molar-refractivity contribution < 1.29 is 13.5 Å². The van der Waals surface area contributed by atoms with Gasteiger partial charge in [-0.25, -0.2) is 13.1 Å². The summed E-state index contributed by atoms with van der Waals surface area (Å²) in [6, 6.07) is 5.98. The largest absolute Gasteiger partial charge is 0.384 e. The van der Waals surface area contributed by atoms with Gasteiger partial charge in [-0.15, -0.1) is 0 Å². The van der Waals surface area contributed by atoms with Crippen molar-refractivity contribution in [3.8, 4) is 11.8 Å². The highest BCUT2D eigenvalue weighted by Gasteiger charge is 2.13. The average Bonchev–Trinajstić information content (AvgIpc) is 2.89. The lowest BCUT2D eigenvalue weighted by atomic mass is 10.2. The molecule has 6 nitrogen and oxygen atoms in total. The summed E-state index contributed by atoms with van der Waals surface area (Å²) in [5, 5.41) is 10.2. The number of aliphatic hydroxyl groups is 1. The first-order chi connectivity index (χ1) is 10.0. The Kier molecular flexibility index (Phi) is 4.93. The van der Waals surface area contributed by atoms with Gasteiger partial charge in [-0.3, -0.25) is 4.79 Å². The molecule has 0 spiro atoms. The Balaban J connectivity index is 2.10. The molecule has 2 aromatic rings. The van der Waals surface area contributed by atoms with Crippen LogP contribution in [0.15, 0.2) is 39.3 Å². The molecule has 0 atom stereocenters. The standard InChI is InChI=1S/C13H12N2O4S2/c16-7-1-2-10-3-5-12(6-4-10)21(18,19)14-8-11-9-20-13(17)15-11/h3-6,9,14,16H,7-8H2,(H,15,17). The average molecular weight is 324 g/mol. The third-order valence-corrected chi connectivity index (χ3v) is 4.64. The molecule has 21 heavy (non-hydrogen) atoms. The van der Waals surface area contributed by atoms with Gasteiger partial charge in [0.15, 0.2) is 0 Å². The third-order valence-electron chi connectivity index (χ3n) is 2.50. The van der Waals surface area contributed by atoms with Crippen LogP contribution in [0.5, 0.6) is 0 Å². The molecule has 0 fully saturated rings. The van der Waals surface area contributed by atoms with E-state index in [-0.39, 0.29) is 22.9 Å². The lowest BCUT2D eigenvalue weighted by Crippen LogP contribution is -2.23. The summed E-state index contributed by atoms with van der Waals surface area (Å²) in [6.45, 7) is -0.229. The summed E-state index contributed by atoms with van der Waals surface area (Å²) in [6.07, 6.45) is 0. The molecule has 1 aromatic heterocycles. The number of thiazole rings is 1. The third kappa shape index (κ3) is 4.27. The summed E-state index contributed by atoms with van der Waals surface area (Å²) < 4.78 is 26.5. The quantitative estimate of drug-likeness (QED) is 0.702. The van der Waals surface area contributed by atoms with Gasteiger partial charge in [0.2, 0.25) is 10.0 Å². The number of aromatic nitrogens is 1. The van der Waals surface area contributed by atoms with E-state index in [0.717, 1.165) is 11.3 Å². The van der Waals surface area contributed by atoms with Crippen LogP contribution in [0.25, 0.3) is 0 Å². The van der Waals surface area contributed by atoms with Crippen LogP contribution in [-0.2, 0) is 16.6 Å². The summed E-state index contributed by atoms with van der Waals surface area (Å²) in [5.74, 6) is 5.16. The van der Waals surface area contributed by atoms with Gasteiger partial charge in [-0.2, -0.15) is 0 Å². The number of aliphatic hydroxyl groups excluding tert-OH is 1. The Bertz CT molecular complexity index is 823. The second kappa shape index (κ2) is 6.69. The SMILES string of the molecule is O=c1[nH]c(CNS(=O)(=O)c2ccc(C#CCO)cc2)cs1. The smallest absolute Gasteiger partial charge is 0.304 e. The zero-order valence-electron chi connectivity index (χ0n) is 10.8. The molecule has 0 unspecified atom stereocenters. The molecule has 1 heterocycles. The zero-order valence-corrected chi connectivity index (χ0v) is 12.4. The molecule has 8 heteroatoms. The Morgan fingerprint density at radius 2 is 2.00 bits per heavy atom. The van der Waals surface area contributed by atoms with Gasteiger partial charge in [0.05, 0.1) is 11.4 Å². The van der Waals surface area contributed by atoms with Gasteiger partial charge in [0, 0.05) is 16.6 Å². The van der Waals surface area contributed by atoms with Gasteiger partial charge in [-0.05, 0) is 24.3 Å². The van der Waals surface area contributed by atoms with Gasteiger partial charge in [0.1, 0.15) is 6.61 Å². The first-order valence-corrected chi connectivity index (χ1v) is 8.24. The summed E-state index contributed by atoms with van der Waals surface area (Å²) >= 11 is 0.979. The summed E-state index contributed by atoms with van der Waals surface area (Å²) in [7, 11) is -3.65. The van der Waals surface area contributed by atoms with Crippen LogP contribution >= 0.6 is 11.3 Å². The Labute approximate surface area is 125 Å². The van der Waals surface area contributed by atoms with Crippen molar-refractivity contribution in [1.82, 2.24) is 9.71 Å². The highest BCUT2D eigenvalue weighted by Crippen LogP contribution is 2.10. The molecule has 0 bridgehead atoms. The van der Waals surface area contributed by atoms with Crippen molar-refractivity contribution in [3.63, 3.8) is 0 Å². The molecule has 0 amide bonds.